The van der Waals surface area contributed by atoms with Gasteiger partial charge in [-0.3, -0.25) is 4.98 Å². The molecule has 1 atom stereocenters. The van der Waals surface area contributed by atoms with Crippen LogP contribution in [-0.2, 0) is 0 Å². The fourth-order valence-corrected chi connectivity index (χ4v) is 4.09. The maximum absolute atomic E-state index is 13.3. The monoisotopic (exact) mass is 448 g/mol. The molecule has 2 N–H and O–H groups in total. The highest BCUT2D eigenvalue weighted by Gasteiger charge is 2.34. The maximum Gasteiger partial charge on any atom is 0.342 e. The van der Waals surface area contributed by atoms with Gasteiger partial charge < -0.3 is 10.4 Å². The zero-order valence-electron chi connectivity index (χ0n) is 18.7. The van der Waals surface area contributed by atoms with Crippen molar-refractivity contribution in [3.8, 4) is 16.9 Å². The van der Waals surface area contributed by atoms with E-state index in [1.807, 2.05) is 48.5 Å². The Hall–Kier alpha value is -4.45. The van der Waals surface area contributed by atoms with Crippen LogP contribution >= 0.6 is 0 Å². The Morgan fingerprint density at radius 3 is 2.29 bits per heavy atom. The number of aromatic hydroxyl groups is 1. The number of aromatic nitrogens is 1. The van der Waals surface area contributed by atoms with Crippen LogP contribution in [0.1, 0.15) is 29.2 Å². The molecule has 0 spiro atoms. The molecule has 6 heteroatoms. The number of carbonyl (C=O) groups excluding carboxylic acids is 1. The van der Waals surface area contributed by atoms with Crippen LogP contribution in [-0.4, -0.2) is 26.8 Å². The summed E-state index contributed by atoms with van der Waals surface area (Å²) in [5, 5.41) is 19.4. The highest BCUT2D eigenvalue weighted by Crippen LogP contribution is 2.37. The Morgan fingerprint density at radius 1 is 0.912 bits per heavy atom. The van der Waals surface area contributed by atoms with Gasteiger partial charge in [-0.1, -0.05) is 66.2 Å². The van der Waals surface area contributed by atoms with Crippen molar-refractivity contribution in [2.45, 2.75) is 19.4 Å². The Bertz CT molecular complexity index is 1330. The third-order valence-corrected chi connectivity index (χ3v) is 5.93. The molecule has 0 radical (unpaired) electrons. The zero-order valence-corrected chi connectivity index (χ0v) is 18.7. The minimum atomic E-state index is -0.428. The molecule has 168 valence electrons. The van der Waals surface area contributed by atoms with Crippen LogP contribution in [0.4, 0.5) is 10.5 Å². The molecule has 0 bridgehead atoms. The number of amides is 2. The summed E-state index contributed by atoms with van der Waals surface area (Å²) in [4.78, 5) is 17.5. The van der Waals surface area contributed by atoms with Gasteiger partial charge in [0.2, 0.25) is 0 Å². The molecule has 0 saturated carbocycles. The van der Waals surface area contributed by atoms with Crippen LogP contribution < -0.4 is 5.32 Å². The number of hydrogen-bond acceptors (Lipinski definition) is 4. The molecule has 5 rings (SSSR count). The lowest BCUT2D eigenvalue weighted by molar-refractivity contribution is 0.199. The summed E-state index contributed by atoms with van der Waals surface area (Å²) in [5.74, 6) is 0.135. The van der Waals surface area contributed by atoms with Gasteiger partial charge in [0.05, 0.1) is 11.8 Å². The van der Waals surface area contributed by atoms with Gasteiger partial charge in [-0.2, -0.15) is 5.10 Å². The van der Waals surface area contributed by atoms with E-state index in [9.17, 15) is 9.90 Å². The average Bonchev–Trinajstić information content (AvgIpc) is 3.31. The number of phenols is 1. The first-order valence-electron chi connectivity index (χ1n) is 11.1. The first-order chi connectivity index (χ1) is 16.6. The Balaban J connectivity index is 1.40. The number of hydrazone groups is 1. The molecule has 1 aromatic heterocycles. The summed E-state index contributed by atoms with van der Waals surface area (Å²) in [6.45, 7) is 2.06. The van der Waals surface area contributed by atoms with E-state index in [0.29, 0.717) is 17.7 Å². The van der Waals surface area contributed by atoms with Crippen molar-refractivity contribution in [2.24, 2.45) is 5.10 Å². The number of rotatable bonds is 4. The number of phenolic OH excluding ortho intramolecular Hbond substituents is 1. The zero-order chi connectivity index (χ0) is 23.5. The van der Waals surface area contributed by atoms with Crippen LogP contribution in [0.5, 0.6) is 5.75 Å². The average molecular weight is 449 g/mol. The molecular formula is C28H24N4O2. The number of nitrogens with zero attached hydrogens (tertiary/aromatic N) is 3. The second-order valence-electron chi connectivity index (χ2n) is 8.29. The number of anilines is 1. The summed E-state index contributed by atoms with van der Waals surface area (Å²) in [6, 6.07) is 26.0. The van der Waals surface area contributed by atoms with E-state index in [0.717, 1.165) is 22.4 Å². The van der Waals surface area contributed by atoms with Crippen LogP contribution in [0.2, 0.25) is 0 Å². The van der Waals surface area contributed by atoms with Crippen LogP contribution in [0.15, 0.2) is 102 Å². The van der Waals surface area contributed by atoms with Crippen molar-refractivity contribution in [1.29, 1.82) is 0 Å². The summed E-state index contributed by atoms with van der Waals surface area (Å²) >= 11 is 0. The molecule has 1 aliphatic rings. The summed E-state index contributed by atoms with van der Waals surface area (Å²) in [5.41, 5.74) is 6.31. The Morgan fingerprint density at radius 2 is 1.62 bits per heavy atom. The SMILES string of the molecule is Cc1ccc(-c2ccc(NC(=O)N3N=C(c4cccnc4)CC3c3ccccc3O)cc2)cc1. The topological polar surface area (TPSA) is 77.8 Å². The molecule has 2 heterocycles. The second-order valence-corrected chi connectivity index (χ2v) is 8.29. The largest absolute Gasteiger partial charge is 0.508 e. The van der Waals surface area contributed by atoms with Gasteiger partial charge >= 0.3 is 6.03 Å². The van der Waals surface area contributed by atoms with Gasteiger partial charge in [-0.15, -0.1) is 0 Å². The maximum atomic E-state index is 13.3. The predicted molar refractivity (Wildman–Crippen MR) is 134 cm³/mol. The fourth-order valence-electron chi connectivity index (χ4n) is 4.09. The van der Waals surface area contributed by atoms with Crippen molar-refractivity contribution >= 4 is 17.4 Å². The molecule has 0 fully saturated rings. The molecule has 1 unspecified atom stereocenters. The number of urea groups is 1. The third kappa shape index (κ3) is 4.38. The smallest absolute Gasteiger partial charge is 0.342 e. The molecule has 0 aliphatic carbocycles. The van der Waals surface area contributed by atoms with Crippen LogP contribution in [0.25, 0.3) is 11.1 Å². The fraction of sp³-hybridized carbons (Fsp3) is 0.107. The minimum absolute atomic E-state index is 0.135. The lowest BCUT2D eigenvalue weighted by Crippen LogP contribution is -2.31. The molecule has 0 saturated heterocycles. The molecule has 2 amide bonds. The van der Waals surface area contributed by atoms with Gasteiger partial charge in [0.1, 0.15) is 5.75 Å². The van der Waals surface area contributed by atoms with E-state index in [-0.39, 0.29) is 11.8 Å². The molecule has 3 aromatic carbocycles. The van der Waals surface area contributed by atoms with Crippen molar-refractivity contribution in [3.63, 3.8) is 0 Å². The van der Waals surface area contributed by atoms with Gasteiger partial charge in [0.25, 0.3) is 0 Å². The molecule has 6 nitrogen and oxygen atoms in total. The number of para-hydroxylation sites is 1. The number of pyridine rings is 1. The first-order valence-corrected chi connectivity index (χ1v) is 11.1. The summed E-state index contributed by atoms with van der Waals surface area (Å²) < 4.78 is 0. The van der Waals surface area contributed by atoms with Gasteiger partial charge in [0, 0.05) is 35.6 Å². The van der Waals surface area contributed by atoms with Crippen LogP contribution in [0.3, 0.4) is 0 Å². The van der Waals surface area contributed by atoms with Crippen molar-refractivity contribution in [2.75, 3.05) is 5.32 Å². The Labute approximate surface area is 198 Å². The first kappa shape index (κ1) is 21.4. The summed E-state index contributed by atoms with van der Waals surface area (Å²) in [6.07, 6.45) is 3.90. The van der Waals surface area contributed by atoms with E-state index in [1.54, 1.807) is 24.5 Å². The lowest BCUT2D eigenvalue weighted by atomic mass is 9.98. The number of nitrogens with one attached hydrogen (secondary N) is 1. The molecule has 1 aliphatic heterocycles. The predicted octanol–water partition coefficient (Wildman–Crippen LogP) is 6.15. The van der Waals surface area contributed by atoms with Crippen LogP contribution in [0, 0.1) is 6.92 Å². The number of hydrogen-bond donors (Lipinski definition) is 2. The lowest BCUT2D eigenvalue weighted by Gasteiger charge is -2.23. The molecular weight excluding hydrogens is 424 g/mol. The summed E-state index contributed by atoms with van der Waals surface area (Å²) in [7, 11) is 0. The Kier molecular flexibility index (Phi) is 5.79. The van der Waals surface area contributed by atoms with E-state index in [2.05, 4.69) is 46.6 Å². The normalized spacial score (nSPS) is 15.1. The highest BCUT2D eigenvalue weighted by atomic mass is 16.3. The molecule has 34 heavy (non-hydrogen) atoms. The van der Waals surface area contributed by atoms with E-state index in [4.69, 9.17) is 0 Å². The quantitative estimate of drug-likeness (QED) is 0.393. The van der Waals surface area contributed by atoms with Crippen molar-refractivity contribution in [3.05, 3.63) is 114 Å². The highest BCUT2D eigenvalue weighted by molar-refractivity contribution is 6.04. The minimum Gasteiger partial charge on any atom is -0.508 e. The number of benzene rings is 3. The number of aryl methyl sites for hydroxylation is 1. The third-order valence-electron chi connectivity index (χ3n) is 5.93. The number of carbonyl (C=O) groups is 1. The van der Waals surface area contributed by atoms with Crippen molar-refractivity contribution in [1.82, 2.24) is 9.99 Å². The van der Waals surface area contributed by atoms with Gasteiger partial charge in [0.15, 0.2) is 0 Å². The van der Waals surface area contributed by atoms with Gasteiger partial charge in [-0.05, 0) is 42.3 Å². The molecule has 4 aromatic rings. The standard InChI is InChI=1S/C28H24N4O2/c1-19-8-10-20(11-9-19)21-12-14-23(15-13-21)30-28(34)32-26(24-6-2-3-7-27(24)33)17-25(31-32)22-5-4-16-29-18-22/h2-16,18,26,33H,17H2,1H3,(H,30,34). The van der Waals surface area contributed by atoms with E-state index >= 15 is 0 Å². The second kappa shape index (κ2) is 9.19. The van der Waals surface area contributed by atoms with Gasteiger partial charge in [-0.25, -0.2) is 9.80 Å². The van der Waals surface area contributed by atoms with E-state index < -0.39 is 6.04 Å². The van der Waals surface area contributed by atoms with E-state index in [1.165, 1.54) is 10.6 Å². The van der Waals surface area contributed by atoms with Crippen molar-refractivity contribution < 1.29 is 9.90 Å².